The van der Waals surface area contributed by atoms with Crippen LogP contribution in [0.1, 0.15) is 16.9 Å². The smallest absolute Gasteiger partial charge is 0.124 e. The van der Waals surface area contributed by atoms with Gasteiger partial charge in [0.05, 0.1) is 6.26 Å². The minimum atomic E-state index is 0.462. The third-order valence-corrected chi connectivity index (χ3v) is 3.16. The Morgan fingerprint density at radius 1 is 1.00 bits per heavy atom. The van der Waals surface area contributed by atoms with Crippen LogP contribution in [0.4, 0.5) is 0 Å². The van der Waals surface area contributed by atoms with Crippen molar-refractivity contribution in [3.63, 3.8) is 0 Å². The lowest BCUT2D eigenvalue weighted by molar-refractivity contribution is 0.144. The Balaban J connectivity index is 1.75. The highest BCUT2D eigenvalue weighted by atomic mass is 16.6. The molecule has 0 bridgehead atoms. The van der Waals surface area contributed by atoms with Gasteiger partial charge in [0.15, 0.2) is 0 Å². The van der Waals surface area contributed by atoms with Gasteiger partial charge in [-0.3, -0.25) is 4.98 Å². The lowest BCUT2D eigenvalue weighted by Gasteiger charge is -2.06. The summed E-state index contributed by atoms with van der Waals surface area (Å²) in [5, 5.41) is 4.30. The molecule has 0 spiro atoms. The first-order valence-electron chi connectivity index (χ1n) is 7.11. The Morgan fingerprint density at radius 3 is 2.59 bits per heavy atom. The standard InChI is InChI=1S/C18H16N2O2/c1-2-6-15(7-3-1)18(16-8-4-11-19-14-16)20-22-13-10-17-9-5-12-21-17/h1-9,11-12,14H,10,13H2. The molecule has 2 heterocycles. The maximum Gasteiger partial charge on any atom is 0.124 e. The van der Waals surface area contributed by atoms with Gasteiger partial charge >= 0.3 is 0 Å². The molecule has 1 aromatic carbocycles. The van der Waals surface area contributed by atoms with Crippen molar-refractivity contribution in [3.05, 3.63) is 90.1 Å². The van der Waals surface area contributed by atoms with Crippen LogP contribution < -0.4 is 0 Å². The van der Waals surface area contributed by atoms with Crippen molar-refractivity contribution in [2.75, 3.05) is 6.61 Å². The normalized spacial score (nSPS) is 11.4. The predicted octanol–water partition coefficient (Wildman–Crippen LogP) is 3.69. The largest absolute Gasteiger partial charge is 0.469 e. The number of nitrogens with zero attached hydrogens (tertiary/aromatic N) is 2. The third-order valence-electron chi connectivity index (χ3n) is 3.16. The van der Waals surface area contributed by atoms with E-state index in [0.29, 0.717) is 13.0 Å². The average Bonchev–Trinajstić information content (AvgIpc) is 3.10. The van der Waals surface area contributed by atoms with Crippen molar-refractivity contribution in [3.8, 4) is 0 Å². The first kappa shape index (κ1) is 14.1. The van der Waals surface area contributed by atoms with Gasteiger partial charge in [-0.25, -0.2) is 0 Å². The zero-order valence-electron chi connectivity index (χ0n) is 12.1. The van der Waals surface area contributed by atoms with Crippen LogP contribution in [0.2, 0.25) is 0 Å². The molecule has 0 fully saturated rings. The van der Waals surface area contributed by atoms with Gasteiger partial charge in [-0.2, -0.15) is 0 Å². The first-order valence-corrected chi connectivity index (χ1v) is 7.11. The van der Waals surface area contributed by atoms with Crippen LogP contribution in [0.5, 0.6) is 0 Å². The van der Waals surface area contributed by atoms with E-state index in [9.17, 15) is 0 Å². The zero-order chi connectivity index (χ0) is 15.0. The van der Waals surface area contributed by atoms with E-state index in [2.05, 4.69) is 10.1 Å². The van der Waals surface area contributed by atoms with E-state index in [-0.39, 0.29) is 0 Å². The molecular formula is C18H16N2O2. The Labute approximate surface area is 129 Å². The van der Waals surface area contributed by atoms with Crippen molar-refractivity contribution >= 4 is 5.71 Å². The molecular weight excluding hydrogens is 276 g/mol. The number of hydrogen-bond acceptors (Lipinski definition) is 4. The van der Waals surface area contributed by atoms with Gasteiger partial charge in [-0.15, -0.1) is 0 Å². The molecule has 0 atom stereocenters. The molecule has 0 amide bonds. The summed E-state index contributed by atoms with van der Waals surface area (Å²) in [5.41, 5.74) is 2.69. The maximum atomic E-state index is 5.48. The summed E-state index contributed by atoms with van der Waals surface area (Å²) in [7, 11) is 0. The van der Waals surface area contributed by atoms with E-state index in [1.807, 2.05) is 54.6 Å². The van der Waals surface area contributed by atoms with Crippen LogP contribution in [-0.2, 0) is 11.3 Å². The molecule has 110 valence electrons. The summed E-state index contributed by atoms with van der Waals surface area (Å²) in [5.74, 6) is 0.887. The summed E-state index contributed by atoms with van der Waals surface area (Å²) >= 11 is 0. The Bertz CT molecular complexity index is 666. The molecule has 3 rings (SSSR count). The lowest BCUT2D eigenvalue weighted by atomic mass is 10.0. The van der Waals surface area contributed by atoms with Crippen molar-refractivity contribution in [2.45, 2.75) is 6.42 Å². The molecule has 4 heteroatoms. The van der Waals surface area contributed by atoms with Crippen LogP contribution in [-0.4, -0.2) is 17.3 Å². The van der Waals surface area contributed by atoms with Crippen LogP contribution in [0.15, 0.2) is 82.8 Å². The average molecular weight is 292 g/mol. The highest BCUT2D eigenvalue weighted by Gasteiger charge is 2.07. The minimum Gasteiger partial charge on any atom is -0.469 e. The maximum absolute atomic E-state index is 5.48. The topological polar surface area (TPSA) is 47.6 Å². The fraction of sp³-hybridized carbons (Fsp3) is 0.111. The monoisotopic (exact) mass is 292 g/mol. The van der Waals surface area contributed by atoms with Crippen molar-refractivity contribution in [2.24, 2.45) is 5.16 Å². The molecule has 0 saturated heterocycles. The Hall–Kier alpha value is -2.88. The second kappa shape index (κ2) is 7.22. The Kier molecular flexibility index (Phi) is 4.62. The molecule has 4 nitrogen and oxygen atoms in total. The minimum absolute atomic E-state index is 0.462. The Morgan fingerprint density at radius 2 is 1.86 bits per heavy atom. The molecule has 0 unspecified atom stereocenters. The number of aromatic nitrogens is 1. The number of benzene rings is 1. The zero-order valence-corrected chi connectivity index (χ0v) is 12.1. The molecule has 22 heavy (non-hydrogen) atoms. The molecule has 0 saturated carbocycles. The number of oxime groups is 1. The van der Waals surface area contributed by atoms with E-state index < -0.39 is 0 Å². The van der Waals surface area contributed by atoms with Crippen LogP contribution in [0, 0.1) is 0 Å². The van der Waals surface area contributed by atoms with Gasteiger partial charge in [-0.05, 0) is 24.3 Å². The van der Waals surface area contributed by atoms with Gasteiger partial charge in [0.1, 0.15) is 18.1 Å². The lowest BCUT2D eigenvalue weighted by Crippen LogP contribution is -2.05. The van der Waals surface area contributed by atoms with Crippen molar-refractivity contribution < 1.29 is 9.25 Å². The fourth-order valence-corrected chi connectivity index (χ4v) is 2.08. The molecule has 0 radical (unpaired) electrons. The summed E-state index contributed by atoms with van der Waals surface area (Å²) in [6.07, 6.45) is 5.86. The quantitative estimate of drug-likeness (QED) is 0.395. The molecule has 0 N–H and O–H groups in total. The second-order valence-electron chi connectivity index (χ2n) is 4.71. The van der Waals surface area contributed by atoms with Crippen LogP contribution >= 0.6 is 0 Å². The number of furan rings is 1. The van der Waals surface area contributed by atoms with Gasteiger partial charge < -0.3 is 9.25 Å². The second-order valence-corrected chi connectivity index (χ2v) is 4.71. The van der Waals surface area contributed by atoms with Crippen molar-refractivity contribution in [1.82, 2.24) is 4.98 Å². The third kappa shape index (κ3) is 3.61. The van der Waals surface area contributed by atoms with Crippen molar-refractivity contribution in [1.29, 1.82) is 0 Å². The summed E-state index contributed by atoms with van der Waals surface area (Å²) in [6, 6.07) is 17.6. The van der Waals surface area contributed by atoms with Gasteiger partial charge in [0.25, 0.3) is 0 Å². The molecule has 0 aliphatic heterocycles. The molecule has 2 aromatic heterocycles. The van der Waals surface area contributed by atoms with Gasteiger partial charge in [0, 0.05) is 29.9 Å². The summed E-state index contributed by atoms with van der Waals surface area (Å²) in [6.45, 7) is 0.462. The highest BCUT2D eigenvalue weighted by molar-refractivity contribution is 6.12. The van der Waals surface area contributed by atoms with E-state index in [4.69, 9.17) is 9.25 Å². The molecule has 3 aromatic rings. The van der Waals surface area contributed by atoms with Crippen LogP contribution in [0.3, 0.4) is 0 Å². The molecule has 0 aliphatic rings. The highest BCUT2D eigenvalue weighted by Crippen LogP contribution is 2.10. The van der Waals surface area contributed by atoms with E-state index in [1.165, 1.54) is 0 Å². The summed E-state index contributed by atoms with van der Waals surface area (Å²) in [4.78, 5) is 9.63. The summed E-state index contributed by atoms with van der Waals surface area (Å²) < 4.78 is 5.27. The van der Waals surface area contributed by atoms with Gasteiger partial charge in [-0.1, -0.05) is 35.5 Å². The molecule has 0 aliphatic carbocycles. The van der Waals surface area contributed by atoms with E-state index >= 15 is 0 Å². The first-order chi connectivity index (χ1) is 10.9. The number of hydrogen-bond donors (Lipinski definition) is 0. The van der Waals surface area contributed by atoms with E-state index in [0.717, 1.165) is 22.6 Å². The van der Waals surface area contributed by atoms with E-state index in [1.54, 1.807) is 18.7 Å². The number of rotatable bonds is 6. The number of pyridine rings is 1. The SMILES string of the molecule is c1ccc(C(=NOCCc2ccco2)c2cccnc2)cc1. The van der Waals surface area contributed by atoms with Gasteiger partial charge in [0.2, 0.25) is 0 Å². The predicted molar refractivity (Wildman–Crippen MR) is 84.7 cm³/mol. The fourth-order valence-electron chi connectivity index (χ4n) is 2.08. The van der Waals surface area contributed by atoms with Crippen LogP contribution in [0.25, 0.3) is 0 Å².